The molecule has 9 nitrogen and oxygen atoms in total. The molecule has 2 heterocycles. The topological polar surface area (TPSA) is 112 Å². The van der Waals surface area contributed by atoms with Crippen LogP contribution in [0.25, 0.3) is 0 Å². The predicted octanol–water partition coefficient (Wildman–Crippen LogP) is 1.39. The summed E-state index contributed by atoms with van der Waals surface area (Å²) in [5.41, 5.74) is 0.786. The summed E-state index contributed by atoms with van der Waals surface area (Å²) in [5, 5.41) is 18.1. The second kappa shape index (κ2) is 6.66. The van der Waals surface area contributed by atoms with Gasteiger partial charge in [-0.3, -0.25) is 14.8 Å². The molecule has 0 aliphatic rings. The Balaban J connectivity index is 2.09. The van der Waals surface area contributed by atoms with Crippen molar-refractivity contribution in [1.82, 2.24) is 14.8 Å². The van der Waals surface area contributed by atoms with E-state index in [1.807, 2.05) is 13.1 Å². The summed E-state index contributed by atoms with van der Waals surface area (Å²) in [6, 6.07) is 1.14. The van der Waals surface area contributed by atoms with Crippen molar-refractivity contribution in [3.63, 3.8) is 0 Å². The maximum atomic E-state index is 11.4. The highest BCUT2D eigenvalue weighted by Crippen LogP contribution is 2.22. The maximum absolute atomic E-state index is 11.4. The molecule has 0 bridgehead atoms. The molecule has 0 unspecified atom stereocenters. The molecule has 0 aliphatic heterocycles. The summed E-state index contributed by atoms with van der Waals surface area (Å²) in [5.74, 6) is -0.573. The number of nitrogens with zero attached hydrogens (tertiary/aromatic N) is 4. The first-order valence-electron chi connectivity index (χ1n) is 6.47. The largest absolute Gasteiger partial charge is 0.465 e. The maximum Gasteiger partial charge on any atom is 0.339 e. The first-order chi connectivity index (χ1) is 10.5. The zero-order valence-corrected chi connectivity index (χ0v) is 12.1. The number of rotatable bonds is 6. The van der Waals surface area contributed by atoms with E-state index < -0.39 is 10.9 Å². The number of hydrogen-bond acceptors (Lipinski definition) is 7. The van der Waals surface area contributed by atoms with Gasteiger partial charge in [-0.15, -0.1) is 0 Å². The number of carbonyl (C=O) groups excluding carboxylic acids is 1. The lowest BCUT2D eigenvalue weighted by atomic mass is 10.2. The van der Waals surface area contributed by atoms with Crippen molar-refractivity contribution in [2.24, 2.45) is 0 Å². The van der Waals surface area contributed by atoms with E-state index in [9.17, 15) is 14.9 Å². The number of pyridine rings is 1. The van der Waals surface area contributed by atoms with Gasteiger partial charge in [0.1, 0.15) is 0 Å². The second-order valence-corrected chi connectivity index (χ2v) is 4.55. The quantitative estimate of drug-likeness (QED) is 0.487. The van der Waals surface area contributed by atoms with Crippen molar-refractivity contribution >= 4 is 17.5 Å². The molecule has 0 fully saturated rings. The molecule has 22 heavy (non-hydrogen) atoms. The predicted molar refractivity (Wildman–Crippen MR) is 77.7 cm³/mol. The number of aromatic nitrogens is 3. The fourth-order valence-electron chi connectivity index (χ4n) is 1.84. The van der Waals surface area contributed by atoms with Crippen LogP contribution in [0.2, 0.25) is 0 Å². The number of methoxy groups -OCH3 is 1. The fraction of sp³-hybridized carbons (Fsp3) is 0.308. The van der Waals surface area contributed by atoms with Crippen molar-refractivity contribution in [2.75, 3.05) is 19.0 Å². The molecule has 2 rings (SSSR count). The lowest BCUT2D eigenvalue weighted by Crippen LogP contribution is -2.13. The van der Waals surface area contributed by atoms with Crippen molar-refractivity contribution in [1.29, 1.82) is 0 Å². The highest BCUT2D eigenvalue weighted by Gasteiger charge is 2.19. The standard InChI is InChI=1S/C13H15N5O4/c1-9-6-16-17(8-9)4-3-14-12-11(18(20)21)5-10(7-15-12)13(19)22-2/h5-8H,3-4H2,1-2H3,(H,14,15). The Hall–Kier alpha value is -2.97. The second-order valence-electron chi connectivity index (χ2n) is 4.55. The summed E-state index contributed by atoms with van der Waals surface area (Å²) in [4.78, 5) is 25.8. The van der Waals surface area contributed by atoms with E-state index in [1.165, 1.54) is 13.3 Å². The molecule has 0 radical (unpaired) electrons. The van der Waals surface area contributed by atoms with Gasteiger partial charge < -0.3 is 10.1 Å². The van der Waals surface area contributed by atoms with Crippen LogP contribution in [0.1, 0.15) is 15.9 Å². The smallest absolute Gasteiger partial charge is 0.339 e. The molecular formula is C13H15N5O4. The lowest BCUT2D eigenvalue weighted by Gasteiger charge is -2.07. The molecule has 0 aliphatic carbocycles. The first kappa shape index (κ1) is 15.4. The minimum atomic E-state index is -0.672. The Bertz CT molecular complexity index is 697. The summed E-state index contributed by atoms with van der Waals surface area (Å²) >= 11 is 0. The first-order valence-corrected chi connectivity index (χ1v) is 6.47. The van der Waals surface area contributed by atoms with E-state index in [4.69, 9.17) is 0 Å². The zero-order chi connectivity index (χ0) is 16.1. The SMILES string of the molecule is COC(=O)c1cnc(NCCn2cc(C)cn2)c([N+](=O)[O-])c1. The summed E-state index contributed by atoms with van der Waals surface area (Å²) in [7, 11) is 1.20. The Kier molecular flexibility index (Phi) is 4.66. The molecule has 2 aromatic heterocycles. The Morgan fingerprint density at radius 1 is 1.50 bits per heavy atom. The number of aryl methyl sites for hydroxylation is 1. The van der Waals surface area contributed by atoms with Crippen LogP contribution in [0, 0.1) is 17.0 Å². The normalized spacial score (nSPS) is 10.3. The average molecular weight is 305 g/mol. The summed E-state index contributed by atoms with van der Waals surface area (Å²) < 4.78 is 6.24. The molecule has 0 spiro atoms. The minimum absolute atomic E-state index is 0.0300. The number of carbonyl (C=O) groups is 1. The van der Waals surface area contributed by atoms with Crippen molar-refractivity contribution < 1.29 is 14.5 Å². The third-order valence-corrected chi connectivity index (χ3v) is 2.88. The van der Waals surface area contributed by atoms with E-state index in [0.29, 0.717) is 13.1 Å². The lowest BCUT2D eigenvalue weighted by molar-refractivity contribution is -0.384. The van der Waals surface area contributed by atoms with E-state index in [2.05, 4.69) is 20.1 Å². The molecule has 116 valence electrons. The van der Waals surface area contributed by atoms with Crippen LogP contribution in [-0.4, -0.2) is 39.3 Å². The highest BCUT2D eigenvalue weighted by molar-refractivity contribution is 5.90. The van der Waals surface area contributed by atoms with E-state index in [-0.39, 0.29) is 17.1 Å². The van der Waals surface area contributed by atoms with Crippen LogP contribution in [0.5, 0.6) is 0 Å². The Morgan fingerprint density at radius 2 is 2.27 bits per heavy atom. The Labute approximate surface area is 126 Å². The van der Waals surface area contributed by atoms with Crippen molar-refractivity contribution in [3.8, 4) is 0 Å². The number of anilines is 1. The molecule has 2 aromatic rings. The van der Waals surface area contributed by atoms with Crippen LogP contribution in [-0.2, 0) is 11.3 Å². The Morgan fingerprint density at radius 3 is 2.86 bits per heavy atom. The van der Waals surface area contributed by atoms with Gasteiger partial charge in [-0.2, -0.15) is 5.10 Å². The summed E-state index contributed by atoms with van der Waals surface area (Å²) in [6.45, 7) is 2.87. The van der Waals surface area contributed by atoms with Gasteiger partial charge >= 0.3 is 11.7 Å². The van der Waals surface area contributed by atoms with Crippen LogP contribution >= 0.6 is 0 Å². The van der Waals surface area contributed by atoms with E-state index >= 15 is 0 Å². The average Bonchev–Trinajstić information content (AvgIpc) is 2.92. The van der Waals surface area contributed by atoms with Gasteiger partial charge in [0.25, 0.3) is 0 Å². The molecule has 1 N–H and O–H groups in total. The molecule has 9 heteroatoms. The summed E-state index contributed by atoms with van der Waals surface area (Å²) in [6.07, 6.45) is 4.83. The van der Waals surface area contributed by atoms with Gasteiger partial charge in [-0.25, -0.2) is 9.78 Å². The molecule has 0 saturated carbocycles. The molecule has 0 saturated heterocycles. The number of nitro groups is 1. The molecule has 0 aromatic carbocycles. The molecule has 0 atom stereocenters. The number of ether oxygens (including phenoxy) is 1. The van der Waals surface area contributed by atoms with Crippen LogP contribution < -0.4 is 5.32 Å². The van der Waals surface area contributed by atoms with Crippen LogP contribution in [0.15, 0.2) is 24.7 Å². The third kappa shape index (κ3) is 3.57. The van der Waals surface area contributed by atoms with Gasteiger partial charge in [-0.05, 0) is 12.5 Å². The molecular weight excluding hydrogens is 290 g/mol. The van der Waals surface area contributed by atoms with Crippen molar-refractivity contribution in [3.05, 3.63) is 45.9 Å². The highest BCUT2D eigenvalue weighted by atomic mass is 16.6. The van der Waals surface area contributed by atoms with Gasteiger partial charge in [0, 0.05) is 25.0 Å². The van der Waals surface area contributed by atoms with Gasteiger partial charge in [0.2, 0.25) is 5.82 Å². The fourth-order valence-corrected chi connectivity index (χ4v) is 1.84. The van der Waals surface area contributed by atoms with E-state index in [1.54, 1.807) is 10.9 Å². The van der Waals surface area contributed by atoms with Gasteiger partial charge in [0.05, 0.1) is 30.3 Å². The van der Waals surface area contributed by atoms with Crippen molar-refractivity contribution in [2.45, 2.75) is 13.5 Å². The zero-order valence-electron chi connectivity index (χ0n) is 12.1. The monoisotopic (exact) mass is 305 g/mol. The number of nitrogens with one attached hydrogen (secondary N) is 1. The molecule has 0 amide bonds. The van der Waals surface area contributed by atoms with Crippen LogP contribution in [0.3, 0.4) is 0 Å². The van der Waals surface area contributed by atoms with Gasteiger partial charge in [0.15, 0.2) is 0 Å². The minimum Gasteiger partial charge on any atom is -0.465 e. The van der Waals surface area contributed by atoms with Gasteiger partial charge in [-0.1, -0.05) is 0 Å². The third-order valence-electron chi connectivity index (χ3n) is 2.88. The number of esters is 1. The van der Waals surface area contributed by atoms with E-state index in [0.717, 1.165) is 11.6 Å². The number of hydrogen-bond donors (Lipinski definition) is 1. The van der Waals surface area contributed by atoms with Crippen LogP contribution in [0.4, 0.5) is 11.5 Å².